The number of rotatable bonds is 2. The Hall–Kier alpha value is -2.04. The summed E-state index contributed by atoms with van der Waals surface area (Å²) in [5, 5.41) is 11.5. The van der Waals surface area contributed by atoms with E-state index in [0.717, 1.165) is 17.1 Å². The van der Waals surface area contributed by atoms with Crippen LogP contribution in [0.4, 0.5) is 11.4 Å². The molecule has 1 unspecified atom stereocenters. The molecule has 0 radical (unpaired) electrons. The van der Waals surface area contributed by atoms with E-state index in [1.807, 2.05) is 0 Å². The molecule has 2 aromatic heterocycles. The predicted octanol–water partition coefficient (Wildman–Crippen LogP) is 5.60. The van der Waals surface area contributed by atoms with Gasteiger partial charge in [-0.15, -0.1) is 22.7 Å². The second kappa shape index (κ2) is 5.30. The summed E-state index contributed by atoms with van der Waals surface area (Å²) in [7, 11) is 0. The average Bonchev–Trinajstić information content (AvgIpc) is 3.20. The second-order valence-electron chi connectivity index (χ2n) is 5.51. The lowest BCUT2D eigenvalue weighted by Crippen LogP contribution is -2.28. The van der Waals surface area contributed by atoms with Gasteiger partial charge in [0.1, 0.15) is 0 Å². The largest absolute Gasteiger partial charge is 0.370 e. The molecular formula is C18H16N2S2. The van der Waals surface area contributed by atoms with E-state index in [9.17, 15) is 0 Å². The van der Waals surface area contributed by atoms with Crippen LogP contribution in [0.3, 0.4) is 0 Å². The predicted molar refractivity (Wildman–Crippen MR) is 97.7 cm³/mol. The summed E-state index contributed by atoms with van der Waals surface area (Å²) in [5.74, 6) is 0. The lowest BCUT2D eigenvalue weighted by molar-refractivity contribution is 0.711. The van der Waals surface area contributed by atoms with E-state index >= 15 is 0 Å². The summed E-state index contributed by atoms with van der Waals surface area (Å²) >= 11 is 3.54. The van der Waals surface area contributed by atoms with Gasteiger partial charge < -0.3 is 10.6 Å². The Labute approximate surface area is 138 Å². The smallest absolute Gasteiger partial charge is 0.0897 e. The maximum absolute atomic E-state index is 3.71. The topological polar surface area (TPSA) is 24.1 Å². The number of nitrogens with one attached hydrogen (secondary N) is 2. The van der Waals surface area contributed by atoms with Crippen LogP contribution in [0.5, 0.6) is 0 Å². The van der Waals surface area contributed by atoms with Crippen molar-refractivity contribution < 1.29 is 0 Å². The lowest BCUT2D eigenvalue weighted by atomic mass is 9.98. The highest BCUT2D eigenvalue weighted by atomic mass is 32.1. The minimum absolute atomic E-state index is 0.229. The molecule has 3 heterocycles. The standard InChI is InChI=1S/C18H16N2S2/c1-18(17-9-5-11-22-17)12-15(16-8-4-10-21-16)19-13-6-2-3-7-14(13)20-18/h2-12,19-20H,1H3. The number of para-hydroxylation sites is 2. The van der Waals surface area contributed by atoms with Crippen molar-refractivity contribution in [3.05, 3.63) is 75.1 Å². The van der Waals surface area contributed by atoms with E-state index < -0.39 is 0 Å². The first kappa shape index (κ1) is 13.6. The number of fused-ring (bicyclic) bond motifs is 1. The van der Waals surface area contributed by atoms with Crippen LogP contribution in [0, 0.1) is 0 Å². The molecular weight excluding hydrogens is 308 g/mol. The first-order valence-corrected chi connectivity index (χ1v) is 8.95. The molecule has 0 fully saturated rings. The molecule has 4 rings (SSSR count). The summed E-state index contributed by atoms with van der Waals surface area (Å²) in [5.41, 5.74) is 3.17. The van der Waals surface area contributed by atoms with Crippen molar-refractivity contribution in [2.75, 3.05) is 10.6 Å². The van der Waals surface area contributed by atoms with Gasteiger partial charge in [-0.25, -0.2) is 0 Å². The van der Waals surface area contributed by atoms with Crippen molar-refractivity contribution >= 4 is 39.7 Å². The second-order valence-corrected chi connectivity index (χ2v) is 7.41. The van der Waals surface area contributed by atoms with Crippen molar-refractivity contribution in [1.82, 2.24) is 0 Å². The molecule has 1 aromatic carbocycles. The van der Waals surface area contributed by atoms with Crippen LogP contribution in [0.1, 0.15) is 16.7 Å². The third kappa shape index (κ3) is 2.34. The van der Waals surface area contributed by atoms with Crippen LogP contribution in [0.2, 0.25) is 0 Å². The summed E-state index contributed by atoms with van der Waals surface area (Å²) in [4.78, 5) is 2.56. The van der Waals surface area contributed by atoms with Crippen LogP contribution in [-0.4, -0.2) is 0 Å². The van der Waals surface area contributed by atoms with Crippen LogP contribution >= 0.6 is 22.7 Å². The zero-order valence-corrected chi connectivity index (χ0v) is 13.8. The summed E-state index contributed by atoms with van der Waals surface area (Å²) in [6.07, 6.45) is 2.30. The van der Waals surface area contributed by atoms with Crippen molar-refractivity contribution in [2.45, 2.75) is 12.5 Å². The molecule has 110 valence electrons. The summed E-state index contributed by atoms with van der Waals surface area (Å²) < 4.78 is 0. The summed E-state index contributed by atoms with van der Waals surface area (Å²) in [6, 6.07) is 16.9. The third-order valence-corrected chi connectivity index (χ3v) is 5.85. The van der Waals surface area contributed by atoms with Crippen molar-refractivity contribution in [3.63, 3.8) is 0 Å². The lowest BCUT2D eigenvalue weighted by Gasteiger charge is -2.27. The van der Waals surface area contributed by atoms with Gasteiger partial charge in [0.05, 0.1) is 27.5 Å². The molecule has 0 aliphatic carbocycles. The molecule has 2 nitrogen and oxygen atoms in total. The molecule has 0 amide bonds. The fraction of sp³-hybridized carbons (Fsp3) is 0.111. The molecule has 2 N–H and O–H groups in total. The molecule has 1 aliphatic rings. The monoisotopic (exact) mass is 324 g/mol. The molecule has 22 heavy (non-hydrogen) atoms. The SMILES string of the molecule is CC1(c2cccs2)C=C(c2cccs2)Nc2ccccc2N1. The van der Waals surface area contributed by atoms with E-state index in [2.05, 4.69) is 82.9 Å². The maximum Gasteiger partial charge on any atom is 0.0897 e. The van der Waals surface area contributed by atoms with Crippen molar-refractivity contribution in [1.29, 1.82) is 0 Å². The minimum Gasteiger partial charge on any atom is -0.370 e. The Morgan fingerprint density at radius 2 is 1.64 bits per heavy atom. The van der Waals surface area contributed by atoms with Gasteiger partial charge in [-0.1, -0.05) is 24.3 Å². The highest BCUT2D eigenvalue weighted by molar-refractivity contribution is 7.11. The van der Waals surface area contributed by atoms with Gasteiger partial charge >= 0.3 is 0 Å². The van der Waals surface area contributed by atoms with Gasteiger partial charge in [0, 0.05) is 4.88 Å². The minimum atomic E-state index is -0.229. The van der Waals surface area contributed by atoms with Gasteiger partial charge in [0.15, 0.2) is 0 Å². The van der Waals surface area contributed by atoms with E-state index in [4.69, 9.17) is 0 Å². The van der Waals surface area contributed by atoms with Crippen molar-refractivity contribution in [2.24, 2.45) is 0 Å². The normalized spacial score (nSPS) is 20.3. The molecule has 0 saturated carbocycles. The van der Waals surface area contributed by atoms with Crippen LogP contribution < -0.4 is 10.6 Å². The first-order valence-electron chi connectivity index (χ1n) is 7.20. The van der Waals surface area contributed by atoms with E-state index in [1.54, 1.807) is 22.7 Å². The van der Waals surface area contributed by atoms with Gasteiger partial charge in [0.2, 0.25) is 0 Å². The maximum atomic E-state index is 3.71. The highest BCUT2D eigenvalue weighted by Crippen LogP contribution is 2.40. The number of benzene rings is 1. The molecule has 3 aromatic rings. The molecule has 0 spiro atoms. The van der Waals surface area contributed by atoms with Crippen LogP contribution in [0.25, 0.3) is 5.70 Å². The third-order valence-electron chi connectivity index (χ3n) is 3.84. The van der Waals surface area contributed by atoms with E-state index in [0.29, 0.717) is 0 Å². The van der Waals surface area contributed by atoms with Gasteiger partial charge in [-0.3, -0.25) is 0 Å². The number of anilines is 2. The molecule has 0 bridgehead atoms. The Morgan fingerprint density at radius 3 is 2.36 bits per heavy atom. The Balaban J connectivity index is 1.89. The number of thiophene rings is 2. The average molecular weight is 324 g/mol. The van der Waals surface area contributed by atoms with Crippen molar-refractivity contribution in [3.8, 4) is 0 Å². The van der Waals surface area contributed by atoms with Gasteiger partial charge in [-0.05, 0) is 48.0 Å². The number of hydrogen-bond acceptors (Lipinski definition) is 4. The Bertz CT molecular complexity index is 804. The first-order chi connectivity index (χ1) is 10.7. The molecule has 1 aliphatic heterocycles. The fourth-order valence-electron chi connectivity index (χ4n) is 2.76. The molecule has 4 heteroatoms. The Morgan fingerprint density at radius 1 is 0.864 bits per heavy atom. The van der Waals surface area contributed by atoms with E-state index in [1.165, 1.54) is 9.75 Å². The van der Waals surface area contributed by atoms with Gasteiger partial charge in [0.25, 0.3) is 0 Å². The zero-order chi connectivity index (χ0) is 15.0. The highest BCUT2D eigenvalue weighted by Gasteiger charge is 2.29. The quantitative estimate of drug-likeness (QED) is 0.641. The molecule has 0 saturated heterocycles. The van der Waals surface area contributed by atoms with Crippen LogP contribution in [0.15, 0.2) is 65.4 Å². The Kier molecular flexibility index (Phi) is 3.28. The number of hydrogen-bond donors (Lipinski definition) is 2. The van der Waals surface area contributed by atoms with Crippen LogP contribution in [-0.2, 0) is 5.54 Å². The van der Waals surface area contributed by atoms with Gasteiger partial charge in [-0.2, -0.15) is 0 Å². The van der Waals surface area contributed by atoms with E-state index in [-0.39, 0.29) is 5.54 Å². The molecule has 1 atom stereocenters. The summed E-state index contributed by atoms with van der Waals surface area (Å²) in [6.45, 7) is 2.23. The fourth-order valence-corrected chi connectivity index (χ4v) is 4.27. The zero-order valence-electron chi connectivity index (χ0n) is 12.2.